The topological polar surface area (TPSA) is 63.6 Å². The molecular weight excluding hydrogens is 256 g/mol. The number of aliphatic carboxylic acids is 1. The van der Waals surface area contributed by atoms with E-state index in [1.807, 2.05) is 37.3 Å². The Morgan fingerprint density at radius 2 is 1.75 bits per heavy atom. The molecule has 1 N–H and O–H groups in total. The Bertz CT molecular complexity index is 459. The van der Waals surface area contributed by atoms with Crippen molar-refractivity contribution in [3.63, 3.8) is 0 Å². The highest BCUT2D eigenvalue weighted by Crippen LogP contribution is 2.28. The monoisotopic (exact) mass is 278 g/mol. The zero-order valence-electron chi connectivity index (χ0n) is 12.4. The number of rotatable bonds is 5. The van der Waals surface area contributed by atoms with E-state index in [-0.39, 0.29) is 12.3 Å². The predicted octanol–water partition coefficient (Wildman–Crippen LogP) is 3.22. The van der Waals surface area contributed by atoms with Gasteiger partial charge in [-0.25, -0.2) is 0 Å². The van der Waals surface area contributed by atoms with Crippen molar-refractivity contribution in [3.8, 4) is 0 Å². The summed E-state index contributed by atoms with van der Waals surface area (Å²) in [7, 11) is 0. The summed E-state index contributed by atoms with van der Waals surface area (Å²) in [6.07, 6.45) is -0.122. The van der Waals surface area contributed by atoms with Gasteiger partial charge in [-0.05, 0) is 32.3 Å². The maximum atomic E-state index is 11.8. The van der Waals surface area contributed by atoms with Crippen LogP contribution in [0.1, 0.15) is 45.6 Å². The molecule has 0 aromatic heterocycles. The number of ether oxygens (including phenoxy) is 1. The fraction of sp³-hybridized carbons (Fsp3) is 0.500. The molecule has 0 aliphatic heterocycles. The van der Waals surface area contributed by atoms with E-state index in [2.05, 4.69) is 0 Å². The Kier molecular flexibility index (Phi) is 5.31. The Labute approximate surface area is 119 Å². The lowest BCUT2D eigenvalue weighted by Gasteiger charge is -2.23. The largest absolute Gasteiger partial charge is 0.481 e. The predicted molar refractivity (Wildman–Crippen MR) is 76.4 cm³/mol. The molecule has 0 radical (unpaired) electrons. The number of carbonyl (C=O) groups is 2. The average molecular weight is 278 g/mol. The quantitative estimate of drug-likeness (QED) is 0.840. The lowest BCUT2D eigenvalue weighted by atomic mass is 9.85. The van der Waals surface area contributed by atoms with Gasteiger partial charge in [0.25, 0.3) is 0 Å². The normalized spacial score (nSPS) is 14.4. The molecule has 0 aliphatic carbocycles. The van der Waals surface area contributed by atoms with Crippen LogP contribution in [0.25, 0.3) is 0 Å². The van der Waals surface area contributed by atoms with Crippen LogP contribution in [0.4, 0.5) is 0 Å². The molecule has 0 unspecified atom stereocenters. The average Bonchev–Trinajstić information content (AvgIpc) is 2.34. The molecule has 0 aliphatic rings. The Hall–Kier alpha value is -1.84. The van der Waals surface area contributed by atoms with Gasteiger partial charge in [0.2, 0.25) is 0 Å². The van der Waals surface area contributed by atoms with E-state index in [0.717, 1.165) is 5.56 Å². The molecule has 1 aromatic rings. The summed E-state index contributed by atoms with van der Waals surface area (Å²) in [6, 6.07) is 9.34. The van der Waals surface area contributed by atoms with Crippen LogP contribution in [0.5, 0.6) is 0 Å². The first-order chi connectivity index (χ1) is 9.20. The number of benzene rings is 1. The number of hydrogen-bond donors (Lipinski definition) is 1. The van der Waals surface area contributed by atoms with Gasteiger partial charge in [-0.15, -0.1) is 0 Å². The number of carboxylic acid groups (broad SMARTS) is 1. The van der Waals surface area contributed by atoms with E-state index < -0.39 is 23.5 Å². The summed E-state index contributed by atoms with van der Waals surface area (Å²) in [4.78, 5) is 23.2. The summed E-state index contributed by atoms with van der Waals surface area (Å²) in [6.45, 7) is 7.11. The van der Waals surface area contributed by atoms with Crippen LogP contribution in [0, 0.1) is 5.92 Å². The minimum atomic E-state index is -0.979. The second-order valence-electron chi connectivity index (χ2n) is 5.93. The van der Waals surface area contributed by atoms with Crippen LogP contribution in [0.15, 0.2) is 30.3 Å². The Balaban J connectivity index is 2.80. The minimum absolute atomic E-state index is 0.122. The molecule has 0 saturated heterocycles. The molecule has 0 spiro atoms. The van der Waals surface area contributed by atoms with Gasteiger partial charge in [0.05, 0.1) is 12.3 Å². The third kappa shape index (κ3) is 5.03. The van der Waals surface area contributed by atoms with Crippen LogP contribution in [0.3, 0.4) is 0 Å². The highest BCUT2D eigenvalue weighted by Gasteiger charge is 2.30. The summed E-state index contributed by atoms with van der Waals surface area (Å²) >= 11 is 0. The van der Waals surface area contributed by atoms with Crippen molar-refractivity contribution in [2.24, 2.45) is 5.92 Å². The SMILES string of the molecule is C[C@@H](c1ccccc1)[C@H](CC(=O)OC(C)(C)C)C(=O)O. The van der Waals surface area contributed by atoms with E-state index in [0.29, 0.717) is 0 Å². The van der Waals surface area contributed by atoms with Gasteiger partial charge in [-0.2, -0.15) is 0 Å². The number of hydrogen-bond acceptors (Lipinski definition) is 3. The molecule has 1 rings (SSSR count). The van der Waals surface area contributed by atoms with E-state index >= 15 is 0 Å². The first-order valence-corrected chi connectivity index (χ1v) is 6.70. The van der Waals surface area contributed by atoms with Gasteiger partial charge < -0.3 is 9.84 Å². The molecule has 2 atom stereocenters. The molecule has 110 valence electrons. The smallest absolute Gasteiger partial charge is 0.307 e. The van der Waals surface area contributed by atoms with Gasteiger partial charge in [0.15, 0.2) is 0 Å². The van der Waals surface area contributed by atoms with Gasteiger partial charge in [0, 0.05) is 0 Å². The van der Waals surface area contributed by atoms with Crippen LogP contribution >= 0.6 is 0 Å². The highest BCUT2D eigenvalue weighted by atomic mass is 16.6. The molecular formula is C16H22O4. The lowest BCUT2D eigenvalue weighted by Crippen LogP contribution is -2.29. The van der Waals surface area contributed by atoms with E-state index in [9.17, 15) is 14.7 Å². The van der Waals surface area contributed by atoms with Crippen molar-refractivity contribution in [2.75, 3.05) is 0 Å². The maximum Gasteiger partial charge on any atom is 0.307 e. The van der Waals surface area contributed by atoms with Crippen molar-refractivity contribution in [1.82, 2.24) is 0 Å². The Morgan fingerprint density at radius 3 is 2.20 bits per heavy atom. The van der Waals surface area contributed by atoms with Crippen LogP contribution in [-0.2, 0) is 14.3 Å². The lowest BCUT2D eigenvalue weighted by molar-refractivity contribution is -0.160. The van der Waals surface area contributed by atoms with E-state index in [1.165, 1.54) is 0 Å². The third-order valence-electron chi connectivity index (χ3n) is 3.05. The molecule has 0 bridgehead atoms. The fourth-order valence-electron chi connectivity index (χ4n) is 2.03. The fourth-order valence-corrected chi connectivity index (χ4v) is 2.03. The molecule has 20 heavy (non-hydrogen) atoms. The molecule has 4 heteroatoms. The maximum absolute atomic E-state index is 11.8. The third-order valence-corrected chi connectivity index (χ3v) is 3.05. The van der Waals surface area contributed by atoms with Gasteiger partial charge in [-0.1, -0.05) is 37.3 Å². The molecule has 0 fully saturated rings. The van der Waals surface area contributed by atoms with Crippen LogP contribution in [-0.4, -0.2) is 22.6 Å². The first kappa shape index (κ1) is 16.2. The molecule has 0 amide bonds. The first-order valence-electron chi connectivity index (χ1n) is 6.70. The van der Waals surface area contributed by atoms with Crippen molar-refractivity contribution < 1.29 is 19.4 Å². The summed E-state index contributed by atoms with van der Waals surface area (Å²) in [5.41, 5.74) is 0.305. The molecule has 0 saturated carbocycles. The number of esters is 1. The second kappa shape index (κ2) is 6.55. The zero-order chi connectivity index (χ0) is 15.3. The van der Waals surface area contributed by atoms with Crippen molar-refractivity contribution >= 4 is 11.9 Å². The zero-order valence-corrected chi connectivity index (χ0v) is 12.4. The van der Waals surface area contributed by atoms with E-state index in [1.54, 1.807) is 20.8 Å². The van der Waals surface area contributed by atoms with Crippen molar-refractivity contribution in [2.45, 2.75) is 45.6 Å². The van der Waals surface area contributed by atoms with Gasteiger partial charge >= 0.3 is 11.9 Å². The van der Waals surface area contributed by atoms with Crippen molar-refractivity contribution in [1.29, 1.82) is 0 Å². The summed E-state index contributed by atoms with van der Waals surface area (Å²) in [5, 5.41) is 9.34. The van der Waals surface area contributed by atoms with Crippen LogP contribution in [0.2, 0.25) is 0 Å². The van der Waals surface area contributed by atoms with Gasteiger partial charge in [-0.3, -0.25) is 9.59 Å². The van der Waals surface area contributed by atoms with Gasteiger partial charge in [0.1, 0.15) is 5.60 Å². The minimum Gasteiger partial charge on any atom is -0.481 e. The molecule has 1 aromatic carbocycles. The molecule has 4 nitrogen and oxygen atoms in total. The Morgan fingerprint density at radius 1 is 1.20 bits per heavy atom. The highest BCUT2D eigenvalue weighted by molar-refractivity contribution is 5.79. The summed E-state index contributed by atoms with van der Waals surface area (Å²) in [5.74, 6) is -2.49. The standard InChI is InChI=1S/C16H22O4/c1-11(12-8-6-5-7-9-12)13(15(18)19)10-14(17)20-16(2,3)4/h5-9,11,13H,10H2,1-4H3,(H,18,19)/t11-,13-/m0/s1. The van der Waals surface area contributed by atoms with Crippen LogP contribution < -0.4 is 0 Å². The molecule has 0 heterocycles. The van der Waals surface area contributed by atoms with E-state index in [4.69, 9.17) is 4.74 Å². The number of carboxylic acids is 1. The second-order valence-corrected chi connectivity index (χ2v) is 5.93. The summed E-state index contributed by atoms with van der Waals surface area (Å²) < 4.78 is 5.20. The van der Waals surface area contributed by atoms with Crippen molar-refractivity contribution in [3.05, 3.63) is 35.9 Å². The number of carbonyl (C=O) groups excluding carboxylic acids is 1.